The van der Waals surface area contributed by atoms with Gasteiger partial charge in [-0.1, -0.05) is 29.3 Å². The van der Waals surface area contributed by atoms with E-state index in [4.69, 9.17) is 0 Å². The zero-order chi connectivity index (χ0) is 13.9. The van der Waals surface area contributed by atoms with Crippen LogP contribution >= 0.6 is 15.9 Å². The van der Waals surface area contributed by atoms with E-state index in [-0.39, 0.29) is 11.0 Å². The molecule has 1 aromatic rings. The van der Waals surface area contributed by atoms with Crippen molar-refractivity contribution in [2.45, 2.75) is 39.2 Å². The topological polar surface area (TPSA) is 38.1 Å². The van der Waals surface area contributed by atoms with Crippen LogP contribution in [0, 0.1) is 5.41 Å². The van der Waals surface area contributed by atoms with Crippen LogP contribution in [-0.2, 0) is 6.54 Å². The van der Waals surface area contributed by atoms with Crippen LogP contribution in [0.5, 0.6) is 0 Å². The third-order valence-electron chi connectivity index (χ3n) is 4.04. The second-order valence-electron chi connectivity index (χ2n) is 5.62. The number of hydrogen-bond acceptors (Lipinski definition) is 3. The Kier molecular flexibility index (Phi) is 4.66. The SMILES string of the molecule is CCCN(C)c1cnn(CC2(CBr)CCC2)c(=O)c1. The van der Waals surface area contributed by atoms with Crippen molar-refractivity contribution in [1.29, 1.82) is 0 Å². The second kappa shape index (κ2) is 6.07. The summed E-state index contributed by atoms with van der Waals surface area (Å²) < 4.78 is 1.61. The Balaban J connectivity index is 2.13. The molecule has 1 heterocycles. The molecule has 1 aromatic heterocycles. The summed E-state index contributed by atoms with van der Waals surface area (Å²) in [5.41, 5.74) is 1.16. The Hall–Kier alpha value is -0.840. The van der Waals surface area contributed by atoms with Crippen LogP contribution in [0.1, 0.15) is 32.6 Å². The van der Waals surface area contributed by atoms with E-state index in [1.807, 2.05) is 7.05 Å². The maximum atomic E-state index is 12.1. The molecule has 5 heteroatoms. The van der Waals surface area contributed by atoms with E-state index in [0.29, 0.717) is 0 Å². The van der Waals surface area contributed by atoms with Crippen molar-refractivity contribution in [3.8, 4) is 0 Å². The van der Waals surface area contributed by atoms with Gasteiger partial charge in [0.25, 0.3) is 5.56 Å². The van der Waals surface area contributed by atoms with E-state index in [1.165, 1.54) is 19.3 Å². The summed E-state index contributed by atoms with van der Waals surface area (Å²) in [6.45, 7) is 3.80. The van der Waals surface area contributed by atoms with Crippen LogP contribution in [0.4, 0.5) is 5.69 Å². The van der Waals surface area contributed by atoms with Crippen LogP contribution in [0.25, 0.3) is 0 Å². The summed E-state index contributed by atoms with van der Waals surface area (Å²) >= 11 is 3.57. The van der Waals surface area contributed by atoms with Crippen LogP contribution < -0.4 is 10.5 Å². The number of alkyl halides is 1. The number of rotatable bonds is 6. The van der Waals surface area contributed by atoms with Crippen molar-refractivity contribution < 1.29 is 0 Å². The first-order chi connectivity index (χ1) is 9.10. The Bertz CT molecular complexity index is 476. The van der Waals surface area contributed by atoms with Gasteiger partial charge in [-0.2, -0.15) is 5.10 Å². The van der Waals surface area contributed by atoms with Crippen molar-refractivity contribution in [2.24, 2.45) is 5.41 Å². The minimum Gasteiger partial charge on any atom is -0.373 e. The lowest BCUT2D eigenvalue weighted by molar-refractivity contribution is 0.131. The molecule has 0 radical (unpaired) electrons. The van der Waals surface area contributed by atoms with Gasteiger partial charge in [-0.3, -0.25) is 4.79 Å². The summed E-state index contributed by atoms with van der Waals surface area (Å²) in [5.74, 6) is 0. The average Bonchev–Trinajstić information content (AvgIpc) is 2.35. The predicted molar refractivity (Wildman–Crippen MR) is 82.1 cm³/mol. The minimum atomic E-state index is 0.00711. The number of hydrogen-bond donors (Lipinski definition) is 0. The zero-order valence-corrected chi connectivity index (χ0v) is 13.3. The molecule has 0 saturated heterocycles. The van der Waals surface area contributed by atoms with E-state index in [9.17, 15) is 4.79 Å². The van der Waals surface area contributed by atoms with Gasteiger partial charge in [0.1, 0.15) is 0 Å². The molecule has 4 nitrogen and oxygen atoms in total. The third-order valence-corrected chi connectivity index (χ3v) is 5.23. The number of halogens is 1. The minimum absolute atomic E-state index is 0.00711. The van der Waals surface area contributed by atoms with Crippen molar-refractivity contribution in [3.63, 3.8) is 0 Å². The van der Waals surface area contributed by atoms with Crippen LogP contribution in [0.15, 0.2) is 17.1 Å². The van der Waals surface area contributed by atoms with E-state index in [2.05, 4.69) is 32.9 Å². The molecule has 0 aliphatic heterocycles. The average molecular weight is 328 g/mol. The Morgan fingerprint density at radius 1 is 1.53 bits per heavy atom. The largest absolute Gasteiger partial charge is 0.373 e. The monoisotopic (exact) mass is 327 g/mol. The summed E-state index contributed by atoms with van der Waals surface area (Å²) in [7, 11) is 2.00. The first-order valence-electron chi connectivity index (χ1n) is 6.94. The quantitative estimate of drug-likeness (QED) is 0.754. The zero-order valence-electron chi connectivity index (χ0n) is 11.7. The number of aromatic nitrogens is 2. The molecule has 2 rings (SSSR count). The van der Waals surface area contributed by atoms with Gasteiger partial charge >= 0.3 is 0 Å². The summed E-state index contributed by atoms with van der Waals surface area (Å²) in [5, 5.41) is 5.29. The Labute approximate surface area is 122 Å². The van der Waals surface area contributed by atoms with Crippen LogP contribution in [-0.4, -0.2) is 28.7 Å². The fourth-order valence-corrected chi connectivity index (χ4v) is 3.28. The van der Waals surface area contributed by atoms with Gasteiger partial charge in [-0.15, -0.1) is 0 Å². The van der Waals surface area contributed by atoms with Gasteiger partial charge in [0.2, 0.25) is 0 Å². The Morgan fingerprint density at radius 3 is 2.74 bits per heavy atom. The smallest absolute Gasteiger partial charge is 0.268 e. The van der Waals surface area contributed by atoms with Gasteiger partial charge < -0.3 is 4.90 Å². The molecule has 1 aliphatic rings. The molecule has 0 amide bonds. The predicted octanol–water partition coefficient (Wildman–Crippen LogP) is 2.65. The lowest BCUT2D eigenvalue weighted by Gasteiger charge is -2.40. The molecule has 0 bridgehead atoms. The highest BCUT2D eigenvalue weighted by Gasteiger charge is 2.36. The number of anilines is 1. The maximum Gasteiger partial charge on any atom is 0.268 e. The van der Waals surface area contributed by atoms with E-state index in [0.717, 1.165) is 30.5 Å². The molecule has 0 spiro atoms. The molecule has 0 unspecified atom stereocenters. The van der Waals surface area contributed by atoms with E-state index < -0.39 is 0 Å². The first-order valence-corrected chi connectivity index (χ1v) is 8.07. The molecule has 1 saturated carbocycles. The lowest BCUT2D eigenvalue weighted by atomic mass is 9.70. The molecular formula is C14H22BrN3O. The molecule has 106 valence electrons. The van der Waals surface area contributed by atoms with Gasteiger partial charge in [-0.05, 0) is 24.7 Å². The highest BCUT2D eigenvalue weighted by Crippen LogP contribution is 2.43. The van der Waals surface area contributed by atoms with Gasteiger partial charge in [0.05, 0.1) is 18.4 Å². The molecular weight excluding hydrogens is 306 g/mol. The summed E-state index contributed by atoms with van der Waals surface area (Å²) in [6.07, 6.45) is 6.50. The van der Waals surface area contributed by atoms with Gasteiger partial charge in [0, 0.05) is 25.0 Å². The third kappa shape index (κ3) is 3.19. The maximum absolute atomic E-state index is 12.1. The highest BCUT2D eigenvalue weighted by molar-refractivity contribution is 9.09. The molecule has 1 fully saturated rings. The summed E-state index contributed by atoms with van der Waals surface area (Å²) in [4.78, 5) is 14.2. The second-order valence-corrected chi connectivity index (χ2v) is 6.18. The van der Waals surface area contributed by atoms with E-state index >= 15 is 0 Å². The van der Waals surface area contributed by atoms with Crippen molar-refractivity contribution in [3.05, 3.63) is 22.6 Å². The van der Waals surface area contributed by atoms with Crippen LogP contribution in [0.3, 0.4) is 0 Å². The first kappa shape index (κ1) is 14.6. The summed E-state index contributed by atoms with van der Waals surface area (Å²) in [6, 6.07) is 1.70. The molecule has 0 N–H and O–H groups in total. The fourth-order valence-electron chi connectivity index (χ4n) is 2.54. The standard InChI is InChI=1S/C14H22BrN3O/c1-3-7-17(2)12-8-13(19)18(16-9-12)11-14(10-15)5-4-6-14/h8-9H,3-7,10-11H2,1-2H3. The van der Waals surface area contributed by atoms with Crippen LogP contribution in [0.2, 0.25) is 0 Å². The molecule has 1 aliphatic carbocycles. The van der Waals surface area contributed by atoms with Gasteiger partial charge in [0.15, 0.2) is 0 Å². The lowest BCUT2D eigenvalue weighted by Crippen LogP contribution is -2.40. The van der Waals surface area contributed by atoms with Crippen molar-refractivity contribution >= 4 is 21.6 Å². The normalized spacial score (nSPS) is 17.0. The highest BCUT2D eigenvalue weighted by atomic mass is 79.9. The van der Waals surface area contributed by atoms with Crippen molar-refractivity contribution in [1.82, 2.24) is 9.78 Å². The van der Waals surface area contributed by atoms with Crippen molar-refractivity contribution in [2.75, 3.05) is 23.8 Å². The number of nitrogens with zero attached hydrogens (tertiary/aromatic N) is 3. The Morgan fingerprint density at radius 2 is 2.26 bits per heavy atom. The molecule has 19 heavy (non-hydrogen) atoms. The van der Waals surface area contributed by atoms with E-state index in [1.54, 1.807) is 16.9 Å². The molecule has 0 aromatic carbocycles. The molecule has 0 atom stereocenters. The van der Waals surface area contributed by atoms with Gasteiger partial charge in [-0.25, -0.2) is 4.68 Å². The fraction of sp³-hybridized carbons (Fsp3) is 0.714.